The van der Waals surface area contributed by atoms with Gasteiger partial charge in [0.25, 0.3) is 5.91 Å². The third-order valence-corrected chi connectivity index (χ3v) is 4.05. The number of nitrogens with one attached hydrogen (secondary N) is 1. The van der Waals surface area contributed by atoms with Gasteiger partial charge in [0, 0.05) is 12.0 Å². The van der Waals surface area contributed by atoms with E-state index in [0.29, 0.717) is 6.54 Å². The summed E-state index contributed by atoms with van der Waals surface area (Å²) in [4.78, 5) is 11.8. The first-order valence-electron chi connectivity index (χ1n) is 7.24. The minimum absolute atomic E-state index is 0.0707. The number of hydrogen-bond donors (Lipinski definition) is 1. The molecule has 4 nitrogen and oxygen atoms in total. The van der Waals surface area contributed by atoms with Gasteiger partial charge in [-0.1, -0.05) is 13.0 Å². The molecule has 0 spiro atoms. The van der Waals surface area contributed by atoms with Crippen LogP contribution in [0.15, 0.2) is 18.2 Å². The number of ether oxygens (including phenoxy) is 2. The van der Waals surface area contributed by atoms with Gasteiger partial charge in [-0.05, 0) is 42.5 Å². The van der Waals surface area contributed by atoms with Crippen molar-refractivity contribution in [1.29, 1.82) is 0 Å². The fourth-order valence-electron chi connectivity index (χ4n) is 2.70. The van der Waals surface area contributed by atoms with Crippen LogP contribution in [0.5, 0.6) is 5.75 Å². The van der Waals surface area contributed by atoms with Crippen LogP contribution in [0, 0.1) is 5.41 Å². The van der Waals surface area contributed by atoms with Crippen LogP contribution in [-0.4, -0.2) is 32.3 Å². The van der Waals surface area contributed by atoms with Crippen LogP contribution >= 0.6 is 0 Å². The number of hydrogen-bond acceptors (Lipinski definition) is 3. The van der Waals surface area contributed by atoms with Crippen LogP contribution in [0.3, 0.4) is 0 Å². The van der Waals surface area contributed by atoms with Crippen molar-refractivity contribution >= 4 is 5.91 Å². The summed E-state index contributed by atoms with van der Waals surface area (Å²) in [5.41, 5.74) is 2.88. The highest BCUT2D eigenvalue weighted by Crippen LogP contribution is 2.26. The Labute approximate surface area is 119 Å². The SMILES string of the molecule is CC1(CNC(=O)COc2ccc3c(c2)CCC3)COC1. The lowest BCUT2D eigenvalue weighted by Crippen LogP contribution is -2.49. The minimum atomic E-state index is -0.0707. The van der Waals surface area contributed by atoms with Crippen molar-refractivity contribution in [1.82, 2.24) is 5.32 Å². The van der Waals surface area contributed by atoms with E-state index in [9.17, 15) is 4.79 Å². The number of carbonyl (C=O) groups is 1. The van der Waals surface area contributed by atoms with E-state index in [2.05, 4.69) is 24.4 Å². The molecule has 2 aliphatic rings. The van der Waals surface area contributed by atoms with E-state index < -0.39 is 0 Å². The molecule has 0 aromatic heterocycles. The molecule has 1 amide bonds. The van der Waals surface area contributed by atoms with E-state index >= 15 is 0 Å². The fraction of sp³-hybridized carbons (Fsp3) is 0.562. The zero-order chi connectivity index (χ0) is 14.0. The molecular weight excluding hydrogens is 254 g/mol. The van der Waals surface area contributed by atoms with Crippen molar-refractivity contribution in [2.24, 2.45) is 5.41 Å². The summed E-state index contributed by atoms with van der Waals surface area (Å²) in [5, 5.41) is 2.90. The predicted octanol–water partition coefficient (Wildman–Crippen LogP) is 1.71. The Bertz CT molecular complexity index is 508. The van der Waals surface area contributed by atoms with Gasteiger partial charge in [0.2, 0.25) is 0 Å². The largest absolute Gasteiger partial charge is 0.484 e. The van der Waals surface area contributed by atoms with Crippen molar-refractivity contribution in [3.63, 3.8) is 0 Å². The first-order valence-corrected chi connectivity index (χ1v) is 7.24. The zero-order valence-corrected chi connectivity index (χ0v) is 11.9. The van der Waals surface area contributed by atoms with Crippen molar-refractivity contribution in [3.05, 3.63) is 29.3 Å². The lowest BCUT2D eigenvalue weighted by molar-refractivity contribution is -0.128. The van der Waals surface area contributed by atoms with E-state index in [1.54, 1.807) is 0 Å². The van der Waals surface area contributed by atoms with Crippen LogP contribution in [0.4, 0.5) is 0 Å². The van der Waals surface area contributed by atoms with Gasteiger partial charge in [-0.15, -0.1) is 0 Å². The molecule has 1 aliphatic heterocycles. The number of aryl methyl sites for hydroxylation is 2. The predicted molar refractivity (Wildman–Crippen MR) is 75.9 cm³/mol. The Balaban J connectivity index is 1.45. The molecule has 0 bridgehead atoms. The van der Waals surface area contributed by atoms with E-state index in [0.717, 1.165) is 31.8 Å². The summed E-state index contributed by atoms with van der Waals surface area (Å²) >= 11 is 0. The zero-order valence-electron chi connectivity index (χ0n) is 11.9. The van der Waals surface area contributed by atoms with E-state index in [1.807, 2.05) is 6.07 Å². The van der Waals surface area contributed by atoms with Crippen LogP contribution in [0.1, 0.15) is 24.5 Å². The number of rotatable bonds is 5. The average Bonchev–Trinajstić information content (AvgIpc) is 2.88. The first-order chi connectivity index (χ1) is 9.65. The maximum absolute atomic E-state index is 11.8. The van der Waals surface area contributed by atoms with Crippen molar-refractivity contribution in [2.75, 3.05) is 26.4 Å². The molecule has 1 saturated heterocycles. The smallest absolute Gasteiger partial charge is 0.257 e. The van der Waals surface area contributed by atoms with Crippen LogP contribution in [-0.2, 0) is 22.4 Å². The van der Waals surface area contributed by atoms with Crippen LogP contribution in [0.25, 0.3) is 0 Å². The van der Waals surface area contributed by atoms with E-state index in [1.165, 1.54) is 17.5 Å². The van der Waals surface area contributed by atoms with Gasteiger partial charge in [-0.3, -0.25) is 4.79 Å². The summed E-state index contributed by atoms with van der Waals surface area (Å²) in [6.45, 7) is 4.28. The van der Waals surface area contributed by atoms with E-state index in [4.69, 9.17) is 9.47 Å². The highest BCUT2D eigenvalue weighted by Gasteiger charge is 2.33. The molecular formula is C16H21NO3. The van der Waals surface area contributed by atoms with Gasteiger partial charge in [0.05, 0.1) is 13.2 Å². The molecule has 1 heterocycles. The average molecular weight is 275 g/mol. The second-order valence-corrected chi connectivity index (χ2v) is 6.15. The summed E-state index contributed by atoms with van der Waals surface area (Å²) in [5.74, 6) is 0.720. The summed E-state index contributed by atoms with van der Waals surface area (Å²) in [7, 11) is 0. The Morgan fingerprint density at radius 1 is 1.35 bits per heavy atom. The third-order valence-electron chi connectivity index (χ3n) is 4.05. The lowest BCUT2D eigenvalue weighted by Gasteiger charge is -2.37. The maximum atomic E-state index is 11.8. The van der Waals surface area contributed by atoms with Crippen molar-refractivity contribution in [3.8, 4) is 5.75 Å². The quantitative estimate of drug-likeness (QED) is 0.890. The van der Waals surface area contributed by atoms with Gasteiger partial charge in [-0.2, -0.15) is 0 Å². The fourth-order valence-corrected chi connectivity index (χ4v) is 2.70. The molecule has 4 heteroatoms. The second-order valence-electron chi connectivity index (χ2n) is 6.15. The minimum Gasteiger partial charge on any atom is -0.484 e. The first kappa shape index (κ1) is 13.4. The number of amides is 1. The molecule has 0 atom stereocenters. The molecule has 20 heavy (non-hydrogen) atoms. The highest BCUT2D eigenvalue weighted by molar-refractivity contribution is 5.77. The van der Waals surface area contributed by atoms with Gasteiger partial charge >= 0.3 is 0 Å². The molecule has 1 aliphatic carbocycles. The molecule has 1 N–H and O–H groups in total. The number of carbonyl (C=O) groups excluding carboxylic acids is 1. The molecule has 0 radical (unpaired) electrons. The second kappa shape index (κ2) is 5.44. The molecule has 0 saturated carbocycles. The van der Waals surface area contributed by atoms with Crippen molar-refractivity contribution < 1.29 is 14.3 Å². The van der Waals surface area contributed by atoms with Crippen LogP contribution < -0.4 is 10.1 Å². The maximum Gasteiger partial charge on any atom is 0.257 e. The number of benzene rings is 1. The molecule has 1 aromatic rings. The molecule has 1 aromatic carbocycles. The Morgan fingerprint density at radius 3 is 2.90 bits per heavy atom. The lowest BCUT2D eigenvalue weighted by atomic mass is 9.89. The monoisotopic (exact) mass is 275 g/mol. The molecule has 3 rings (SSSR count). The Kier molecular flexibility index (Phi) is 3.66. The number of fused-ring (bicyclic) bond motifs is 1. The topological polar surface area (TPSA) is 47.6 Å². The standard InChI is InChI=1S/C16H21NO3/c1-16(10-19-11-16)9-17-15(18)8-20-14-6-5-12-3-2-4-13(12)7-14/h5-7H,2-4,8-11H2,1H3,(H,17,18). The Hall–Kier alpha value is -1.55. The normalized spacial score (nSPS) is 19.1. The summed E-state index contributed by atoms with van der Waals surface area (Å²) < 4.78 is 10.7. The van der Waals surface area contributed by atoms with Gasteiger partial charge in [0.15, 0.2) is 6.61 Å². The molecule has 1 fully saturated rings. The third kappa shape index (κ3) is 2.96. The van der Waals surface area contributed by atoms with Crippen molar-refractivity contribution in [2.45, 2.75) is 26.2 Å². The summed E-state index contributed by atoms with van der Waals surface area (Å²) in [6.07, 6.45) is 3.51. The van der Waals surface area contributed by atoms with Gasteiger partial charge < -0.3 is 14.8 Å². The Morgan fingerprint density at radius 2 is 2.15 bits per heavy atom. The molecule has 108 valence electrons. The van der Waals surface area contributed by atoms with E-state index in [-0.39, 0.29) is 17.9 Å². The molecule has 0 unspecified atom stereocenters. The highest BCUT2D eigenvalue weighted by atomic mass is 16.5. The van der Waals surface area contributed by atoms with Gasteiger partial charge in [-0.25, -0.2) is 0 Å². The summed E-state index contributed by atoms with van der Waals surface area (Å²) in [6, 6.07) is 6.14. The van der Waals surface area contributed by atoms with Gasteiger partial charge in [0.1, 0.15) is 5.75 Å². The van der Waals surface area contributed by atoms with Crippen LogP contribution in [0.2, 0.25) is 0 Å².